The fraction of sp³-hybridized carbons (Fsp3) is 0.342. The zero-order chi connectivity index (χ0) is 51.8. The highest BCUT2D eigenvalue weighted by Gasteiger charge is 2.49. The maximum absolute atomic E-state index is 2.72. The Morgan fingerprint density at radius 3 is 1.26 bits per heavy atom. The molecule has 1 heteroatoms. The zero-order valence-electron chi connectivity index (χ0n) is 46.4. The molecule has 0 heterocycles. The van der Waals surface area contributed by atoms with Crippen LogP contribution in [0.2, 0.25) is 0 Å². The Morgan fingerprint density at radius 2 is 0.703 bits per heavy atom. The summed E-state index contributed by atoms with van der Waals surface area (Å²) in [7, 11) is 0. The van der Waals surface area contributed by atoms with E-state index in [1.54, 1.807) is 0 Å². The Morgan fingerprint density at radius 1 is 0.284 bits per heavy atom. The molecule has 1 nitrogen and oxygen atoms in total. The molecule has 0 atom stereocenters. The lowest BCUT2D eigenvalue weighted by Crippen LogP contribution is -2.35. The fourth-order valence-corrected chi connectivity index (χ4v) is 14.9. The normalized spacial score (nSPS) is 19.5. The number of nitrogens with zero attached hydrogens (tertiary/aromatic N) is 1. The summed E-state index contributed by atoms with van der Waals surface area (Å²) < 4.78 is 0. The molecule has 374 valence electrons. The predicted octanol–water partition coefficient (Wildman–Crippen LogP) is 19.9. The Kier molecular flexibility index (Phi) is 11.0. The highest BCUT2D eigenvalue weighted by atomic mass is 15.1. The predicted molar refractivity (Wildman–Crippen MR) is 315 cm³/mol. The second-order valence-electron chi connectivity index (χ2n) is 26.8. The molecule has 4 aliphatic carbocycles. The Hall–Kier alpha value is -6.44. The summed E-state index contributed by atoms with van der Waals surface area (Å²) in [5.41, 5.74) is 25.3. The van der Waals surface area contributed by atoms with Gasteiger partial charge in [-0.3, -0.25) is 0 Å². The number of fused-ring (bicyclic) bond motifs is 6. The minimum Gasteiger partial charge on any atom is -0.310 e. The zero-order valence-corrected chi connectivity index (χ0v) is 46.4. The smallest absolute Gasteiger partial charge is 0.0714 e. The summed E-state index contributed by atoms with van der Waals surface area (Å²) in [5.74, 6) is 0. The van der Waals surface area contributed by atoms with E-state index >= 15 is 0 Å². The molecule has 0 radical (unpaired) electrons. The minimum absolute atomic E-state index is 0.0235. The van der Waals surface area contributed by atoms with E-state index < -0.39 is 5.41 Å². The van der Waals surface area contributed by atoms with Crippen molar-refractivity contribution in [1.29, 1.82) is 0 Å². The van der Waals surface area contributed by atoms with Crippen LogP contribution in [0.3, 0.4) is 0 Å². The topological polar surface area (TPSA) is 3.24 Å². The van der Waals surface area contributed by atoms with E-state index in [4.69, 9.17) is 0 Å². The second-order valence-corrected chi connectivity index (χ2v) is 26.8. The first-order valence-corrected chi connectivity index (χ1v) is 27.9. The van der Waals surface area contributed by atoms with E-state index in [-0.39, 0.29) is 32.5 Å². The van der Waals surface area contributed by atoms with Crippen LogP contribution in [0.15, 0.2) is 176 Å². The maximum Gasteiger partial charge on any atom is 0.0714 e. The van der Waals surface area contributed by atoms with Gasteiger partial charge in [0.2, 0.25) is 0 Å². The third-order valence-corrected chi connectivity index (χ3v) is 19.3. The van der Waals surface area contributed by atoms with Crippen molar-refractivity contribution in [2.45, 2.75) is 160 Å². The maximum atomic E-state index is 2.72. The molecule has 0 spiro atoms. The van der Waals surface area contributed by atoms with Gasteiger partial charge in [0.1, 0.15) is 0 Å². The summed E-state index contributed by atoms with van der Waals surface area (Å²) in [5, 5.41) is 0. The van der Waals surface area contributed by atoms with Crippen molar-refractivity contribution in [3.63, 3.8) is 0 Å². The van der Waals surface area contributed by atoms with Crippen LogP contribution >= 0.6 is 0 Å². The molecule has 8 aromatic rings. The van der Waals surface area contributed by atoms with Gasteiger partial charge in [-0.2, -0.15) is 0 Å². The van der Waals surface area contributed by atoms with Gasteiger partial charge in [0.05, 0.1) is 16.8 Å². The molecule has 74 heavy (non-hydrogen) atoms. The summed E-state index contributed by atoms with van der Waals surface area (Å²) in [6.45, 7) is 29.7. The largest absolute Gasteiger partial charge is 0.310 e. The van der Waals surface area contributed by atoms with Crippen LogP contribution < -0.4 is 4.90 Å². The van der Waals surface area contributed by atoms with E-state index in [1.807, 2.05) is 0 Å². The summed E-state index contributed by atoms with van der Waals surface area (Å²) in [6.07, 6.45) is 6.94. The van der Waals surface area contributed by atoms with Crippen LogP contribution in [0.5, 0.6) is 0 Å². The van der Waals surface area contributed by atoms with E-state index in [0.29, 0.717) is 0 Å². The third kappa shape index (κ3) is 7.29. The van der Waals surface area contributed by atoms with Crippen LogP contribution in [0.25, 0.3) is 33.4 Å². The fourth-order valence-electron chi connectivity index (χ4n) is 14.9. The standard InChI is InChI=1S/C73H77N/c1-67(2)40-43-70(7,8)64-52(29-21-32-58(64)67)48-36-38-51(39-37-48)74(62-35-23-34-60-66(62)72(11,12)45-42-69(60,5)6)63-47-61-55(46-56(63)54-30-22-33-59-65(54)71(9,10)44-41-68(59,3)4)53-28-19-20-31-57(53)73(61,49-24-15-13-16-25-49)50-26-17-14-18-27-50/h13-39,46-47H,40-45H2,1-12H3. The van der Waals surface area contributed by atoms with Gasteiger partial charge in [-0.1, -0.05) is 229 Å². The first kappa shape index (κ1) is 48.5. The molecule has 12 rings (SSSR count). The quantitative estimate of drug-likeness (QED) is 0.154. The SMILES string of the molecule is CC1(C)CCC(C)(C)c2c(-c3ccc(N(c4cc5c(cc4-c4cccc6c4C(C)(C)CCC6(C)C)-c4ccccc4C5(c4ccccc4)c4ccccc4)c4cccc5c4C(C)(C)CCC5(C)C)cc3)cccc21. The Labute approximate surface area is 444 Å². The average Bonchev–Trinajstić information content (AvgIpc) is 3.68. The molecule has 4 aliphatic rings. The van der Waals surface area contributed by atoms with Gasteiger partial charge >= 0.3 is 0 Å². The van der Waals surface area contributed by atoms with Crippen LogP contribution in [0.4, 0.5) is 17.1 Å². The van der Waals surface area contributed by atoms with Crippen molar-refractivity contribution in [2.24, 2.45) is 0 Å². The summed E-state index contributed by atoms with van der Waals surface area (Å²) in [4.78, 5) is 2.72. The lowest BCUT2D eigenvalue weighted by molar-refractivity contribution is 0.332. The van der Waals surface area contributed by atoms with Crippen molar-refractivity contribution < 1.29 is 0 Å². The van der Waals surface area contributed by atoms with Crippen molar-refractivity contribution in [2.75, 3.05) is 4.90 Å². The average molecular weight is 968 g/mol. The van der Waals surface area contributed by atoms with Gasteiger partial charge in [0.15, 0.2) is 0 Å². The lowest BCUT2D eigenvalue weighted by Gasteiger charge is -2.45. The molecule has 8 aromatic carbocycles. The van der Waals surface area contributed by atoms with Gasteiger partial charge in [-0.25, -0.2) is 0 Å². The molecule has 0 N–H and O–H groups in total. The van der Waals surface area contributed by atoms with Gasteiger partial charge in [-0.05, 0) is 185 Å². The van der Waals surface area contributed by atoms with Crippen molar-refractivity contribution in [1.82, 2.24) is 0 Å². The van der Waals surface area contributed by atoms with Crippen LogP contribution in [-0.4, -0.2) is 0 Å². The van der Waals surface area contributed by atoms with Gasteiger partial charge < -0.3 is 4.90 Å². The third-order valence-electron chi connectivity index (χ3n) is 19.3. The van der Waals surface area contributed by atoms with E-state index in [9.17, 15) is 0 Å². The van der Waals surface area contributed by atoms with Crippen LogP contribution in [0, 0.1) is 0 Å². The molecule has 0 amide bonds. The van der Waals surface area contributed by atoms with Gasteiger partial charge in [0.25, 0.3) is 0 Å². The van der Waals surface area contributed by atoms with E-state index in [2.05, 4.69) is 264 Å². The van der Waals surface area contributed by atoms with Crippen LogP contribution in [0.1, 0.15) is 177 Å². The number of hydrogen-bond donors (Lipinski definition) is 0. The van der Waals surface area contributed by atoms with Gasteiger partial charge in [-0.15, -0.1) is 0 Å². The van der Waals surface area contributed by atoms with Crippen LogP contribution in [-0.2, 0) is 37.9 Å². The monoisotopic (exact) mass is 968 g/mol. The van der Waals surface area contributed by atoms with Gasteiger partial charge in [0, 0.05) is 11.3 Å². The molecular formula is C73H77N. The second kappa shape index (κ2) is 16.8. The Bertz CT molecular complexity index is 3450. The molecule has 0 aliphatic heterocycles. The highest BCUT2D eigenvalue weighted by molar-refractivity contribution is 5.98. The summed E-state index contributed by atoms with van der Waals surface area (Å²) >= 11 is 0. The summed E-state index contributed by atoms with van der Waals surface area (Å²) in [6, 6.07) is 68.7. The molecule has 0 unspecified atom stereocenters. The molecule has 0 saturated heterocycles. The highest BCUT2D eigenvalue weighted by Crippen LogP contribution is 2.62. The Balaban J connectivity index is 1.22. The van der Waals surface area contributed by atoms with E-state index in [1.165, 1.54) is 119 Å². The molecule has 0 aromatic heterocycles. The number of benzene rings is 8. The van der Waals surface area contributed by atoms with E-state index in [0.717, 1.165) is 25.7 Å². The number of anilines is 3. The molecule has 0 saturated carbocycles. The molecule has 0 bridgehead atoms. The first-order chi connectivity index (χ1) is 35.2. The molecular weight excluding hydrogens is 891 g/mol. The molecule has 0 fully saturated rings. The number of rotatable bonds is 7. The first-order valence-electron chi connectivity index (χ1n) is 27.9. The van der Waals surface area contributed by atoms with Crippen molar-refractivity contribution in [3.05, 3.63) is 232 Å². The number of hydrogen-bond acceptors (Lipinski definition) is 1. The van der Waals surface area contributed by atoms with Crippen molar-refractivity contribution in [3.8, 4) is 33.4 Å². The lowest BCUT2D eigenvalue weighted by atomic mass is 9.61. The van der Waals surface area contributed by atoms with Crippen molar-refractivity contribution >= 4 is 17.1 Å². The minimum atomic E-state index is -0.570.